The summed E-state index contributed by atoms with van der Waals surface area (Å²) in [6.07, 6.45) is 0.487. The fourth-order valence-electron chi connectivity index (χ4n) is 3.03. The van der Waals surface area contributed by atoms with Gasteiger partial charge >= 0.3 is 0 Å². The van der Waals surface area contributed by atoms with Gasteiger partial charge in [0.05, 0.1) is 25.4 Å². The maximum absolute atomic E-state index is 10.2. The van der Waals surface area contributed by atoms with Crippen LogP contribution in [0, 0.1) is 0 Å². The molecule has 0 aromatic heterocycles. The number of ether oxygens (including phenoxy) is 1. The van der Waals surface area contributed by atoms with E-state index < -0.39 is 6.10 Å². The first-order chi connectivity index (χ1) is 11.2. The van der Waals surface area contributed by atoms with E-state index >= 15 is 0 Å². The van der Waals surface area contributed by atoms with Gasteiger partial charge in [-0.3, -0.25) is 9.80 Å². The van der Waals surface area contributed by atoms with Crippen LogP contribution in [0.3, 0.4) is 0 Å². The molecule has 0 spiro atoms. The third-order valence-electron chi connectivity index (χ3n) is 4.38. The van der Waals surface area contributed by atoms with Crippen molar-refractivity contribution in [2.75, 3.05) is 52.5 Å². The summed E-state index contributed by atoms with van der Waals surface area (Å²) in [6, 6.07) is 10.2. The average Bonchev–Trinajstić information content (AvgIpc) is 2.58. The molecule has 0 bridgehead atoms. The molecule has 23 heavy (non-hydrogen) atoms. The number of hydrogen-bond acceptors (Lipinski definition) is 5. The van der Waals surface area contributed by atoms with Crippen LogP contribution in [0.5, 0.6) is 0 Å². The standard InChI is InChI=1S/C18H30N2O3/c1-2-18(16-6-4-3-5-7-16)23-15-17(22)14-20-10-8-19(9-11-20)12-13-21/h3-7,17-18,21-22H,2,8-15H2,1H3. The molecule has 1 fully saturated rings. The Kier molecular flexibility index (Phi) is 7.99. The second-order valence-electron chi connectivity index (χ2n) is 6.16. The Morgan fingerprint density at radius 3 is 2.35 bits per heavy atom. The molecule has 5 heteroatoms. The summed E-state index contributed by atoms with van der Waals surface area (Å²) >= 11 is 0. The van der Waals surface area contributed by atoms with Crippen LogP contribution in [0.4, 0.5) is 0 Å². The summed E-state index contributed by atoms with van der Waals surface area (Å²) in [5, 5.41) is 19.2. The Labute approximate surface area is 139 Å². The number of rotatable bonds is 9. The van der Waals surface area contributed by atoms with E-state index in [1.54, 1.807) is 0 Å². The first kappa shape index (κ1) is 18.4. The number of aliphatic hydroxyl groups is 2. The van der Waals surface area contributed by atoms with Gasteiger partial charge in [-0.05, 0) is 12.0 Å². The minimum absolute atomic E-state index is 0.0484. The average molecular weight is 322 g/mol. The smallest absolute Gasteiger partial charge is 0.0900 e. The second kappa shape index (κ2) is 10.0. The van der Waals surface area contributed by atoms with E-state index in [9.17, 15) is 5.11 Å². The number of hydrogen-bond donors (Lipinski definition) is 2. The van der Waals surface area contributed by atoms with Crippen LogP contribution in [0.15, 0.2) is 30.3 Å². The zero-order chi connectivity index (χ0) is 16.5. The molecule has 1 aliphatic rings. The molecule has 0 saturated carbocycles. The quantitative estimate of drug-likeness (QED) is 0.714. The Balaban J connectivity index is 1.69. The monoisotopic (exact) mass is 322 g/mol. The molecule has 2 unspecified atom stereocenters. The fraction of sp³-hybridized carbons (Fsp3) is 0.667. The number of aliphatic hydroxyl groups excluding tert-OH is 2. The van der Waals surface area contributed by atoms with Gasteiger partial charge in [0, 0.05) is 39.3 Å². The largest absolute Gasteiger partial charge is 0.395 e. The minimum atomic E-state index is -0.461. The van der Waals surface area contributed by atoms with Crippen molar-refractivity contribution in [2.45, 2.75) is 25.6 Å². The molecule has 1 heterocycles. The number of β-amino-alcohol motifs (C(OH)–C–C–N with tert-alkyl or cyclic N) is 2. The maximum atomic E-state index is 10.2. The molecule has 2 rings (SSSR count). The maximum Gasteiger partial charge on any atom is 0.0900 e. The first-order valence-corrected chi connectivity index (χ1v) is 8.63. The van der Waals surface area contributed by atoms with Gasteiger partial charge in [-0.25, -0.2) is 0 Å². The predicted octanol–water partition coefficient (Wildman–Crippen LogP) is 1.13. The highest BCUT2D eigenvalue weighted by Crippen LogP contribution is 2.20. The van der Waals surface area contributed by atoms with Crippen molar-refractivity contribution in [3.63, 3.8) is 0 Å². The van der Waals surface area contributed by atoms with Gasteiger partial charge in [0.1, 0.15) is 0 Å². The van der Waals surface area contributed by atoms with Crippen molar-refractivity contribution in [3.05, 3.63) is 35.9 Å². The van der Waals surface area contributed by atoms with E-state index in [2.05, 4.69) is 28.9 Å². The lowest BCUT2D eigenvalue weighted by Gasteiger charge is -2.35. The van der Waals surface area contributed by atoms with E-state index in [-0.39, 0.29) is 12.7 Å². The van der Waals surface area contributed by atoms with Crippen molar-refractivity contribution in [1.29, 1.82) is 0 Å². The highest BCUT2D eigenvalue weighted by molar-refractivity contribution is 5.17. The van der Waals surface area contributed by atoms with Crippen LogP contribution in [-0.4, -0.2) is 78.6 Å². The lowest BCUT2D eigenvalue weighted by Crippen LogP contribution is -2.49. The fourth-order valence-corrected chi connectivity index (χ4v) is 3.03. The highest BCUT2D eigenvalue weighted by Gasteiger charge is 2.19. The molecule has 0 amide bonds. The summed E-state index contributed by atoms with van der Waals surface area (Å²) in [7, 11) is 0. The summed E-state index contributed by atoms with van der Waals surface area (Å²) < 4.78 is 5.92. The first-order valence-electron chi connectivity index (χ1n) is 8.63. The summed E-state index contributed by atoms with van der Waals surface area (Å²) in [5.41, 5.74) is 1.17. The van der Waals surface area contributed by atoms with Gasteiger partial charge in [-0.2, -0.15) is 0 Å². The molecule has 2 atom stereocenters. The van der Waals surface area contributed by atoms with Gasteiger partial charge in [0.2, 0.25) is 0 Å². The summed E-state index contributed by atoms with van der Waals surface area (Å²) in [5.74, 6) is 0. The Bertz CT molecular complexity index is 422. The highest BCUT2D eigenvalue weighted by atomic mass is 16.5. The number of nitrogens with zero attached hydrogens (tertiary/aromatic N) is 2. The van der Waals surface area contributed by atoms with Gasteiger partial charge < -0.3 is 14.9 Å². The Morgan fingerprint density at radius 2 is 1.74 bits per heavy atom. The normalized spacial score (nSPS) is 19.6. The zero-order valence-electron chi connectivity index (χ0n) is 14.1. The molecule has 0 aliphatic carbocycles. The Morgan fingerprint density at radius 1 is 1.09 bits per heavy atom. The van der Waals surface area contributed by atoms with Crippen LogP contribution in [-0.2, 0) is 4.74 Å². The van der Waals surface area contributed by atoms with Gasteiger partial charge in [0.15, 0.2) is 0 Å². The topological polar surface area (TPSA) is 56.2 Å². The molecular weight excluding hydrogens is 292 g/mol. The lowest BCUT2D eigenvalue weighted by atomic mass is 10.1. The van der Waals surface area contributed by atoms with Gasteiger partial charge in [-0.1, -0.05) is 37.3 Å². The molecular formula is C18H30N2O3. The van der Waals surface area contributed by atoms with E-state index in [0.29, 0.717) is 13.2 Å². The molecule has 1 aromatic carbocycles. The minimum Gasteiger partial charge on any atom is -0.395 e. The second-order valence-corrected chi connectivity index (χ2v) is 6.16. The zero-order valence-corrected chi connectivity index (χ0v) is 14.1. The third-order valence-corrected chi connectivity index (χ3v) is 4.38. The van der Waals surface area contributed by atoms with Crippen molar-refractivity contribution in [3.8, 4) is 0 Å². The summed E-state index contributed by atoms with van der Waals surface area (Å²) in [6.45, 7) is 7.86. The van der Waals surface area contributed by atoms with Gasteiger partial charge in [-0.15, -0.1) is 0 Å². The van der Waals surface area contributed by atoms with Crippen molar-refractivity contribution in [1.82, 2.24) is 9.80 Å². The van der Waals surface area contributed by atoms with Gasteiger partial charge in [0.25, 0.3) is 0 Å². The van der Waals surface area contributed by atoms with Crippen LogP contribution >= 0.6 is 0 Å². The molecule has 1 aromatic rings. The number of piperazine rings is 1. The molecule has 2 N–H and O–H groups in total. The Hall–Kier alpha value is -0.980. The molecule has 1 saturated heterocycles. The SMILES string of the molecule is CCC(OCC(O)CN1CCN(CCO)CC1)c1ccccc1. The number of benzene rings is 1. The van der Waals surface area contributed by atoms with E-state index in [0.717, 1.165) is 39.1 Å². The van der Waals surface area contributed by atoms with Crippen LogP contribution in [0.25, 0.3) is 0 Å². The van der Waals surface area contributed by atoms with Crippen LogP contribution in [0.2, 0.25) is 0 Å². The molecule has 0 radical (unpaired) electrons. The molecule has 130 valence electrons. The summed E-state index contributed by atoms with van der Waals surface area (Å²) in [4.78, 5) is 4.52. The van der Waals surface area contributed by atoms with Crippen LogP contribution < -0.4 is 0 Å². The predicted molar refractivity (Wildman–Crippen MR) is 91.4 cm³/mol. The third kappa shape index (κ3) is 6.20. The lowest BCUT2D eigenvalue weighted by molar-refractivity contribution is -0.0285. The van der Waals surface area contributed by atoms with E-state index in [4.69, 9.17) is 9.84 Å². The molecule has 1 aliphatic heterocycles. The van der Waals surface area contributed by atoms with E-state index in [1.807, 2.05) is 18.2 Å². The van der Waals surface area contributed by atoms with Crippen LogP contribution in [0.1, 0.15) is 25.0 Å². The van der Waals surface area contributed by atoms with Crippen molar-refractivity contribution in [2.24, 2.45) is 0 Å². The van der Waals surface area contributed by atoms with E-state index in [1.165, 1.54) is 5.56 Å². The molecule has 5 nitrogen and oxygen atoms in total. The van der Waals surface area contributed by atoms with Crippen molar-refractivity contribution >= 4 is 0 Å². The van der Waals surface area contributed by atoms with Crippen molar-refractivity contribution < 1.29 is 14.9 Å².